The van der Waals surface area contributed by atoms with E-state index in [9.17, 15) is 4.79 Å². The Balaban J connectivity index is 2.01. The standard InChI is InChI=1S/C17H20N2O2/c1-3-21-16-12-8-7-11-15(16)18-13(2)17(20)19-14-9-5-4-6-10-14/h4-13,18H,3H2,1-2H3,(H,19,20). The highest BCUT2D eigenvalue weighted by Gasteiger charge is 2.14. The van der Waals surface area contributed by atoms with E-state index in [0.717, 1.165) is 17.1 Å². The van der Waals surface area contributed by atoms with Crippen molar-refractivity contribution in [2.45, 2.75) is 19.9 Å². The van der Waals surface area contributed by atoms with Crippen LogP contribution < -0.4 is 15.4 Å². The number of hydrogen-bond donors (Lipinski definition) is 2. The van der Waals surface area contributed by atoms with Gasteiger partial charge in [-0.3, -0.25) is 4.79 Å². The molecule has 2 N–H and O–H groups in total. The zero-order valence-corrected chi connectivity index (χ0v) is 12.3. The van der Waals surface area contributed by atoms with Crippen LogP contribution >= 0.6 is 0 Å². The topological polar surface area (TPSA) is 50.4 Å². The van der Waals surface area contributed by atoms with E-state index in [1.165, 1.54) is 0 Å². The largest absolute Gasteiger partial charge is 0.492 e. The smallest absolute Gasteiger partial charge is 0.246 e. The summed E-state index contributed by atoms with van der Waals surface area (Å²) >= 11 is 0. The molecular formula is C17H20N2O2. The van der Waals surface area contributed by atoms with Crippen LogP contribution in [0.15, 0.2) is 54.6 Å². The van der Waals surface area contributed by atoms with Crippen molar-refractivity contribution in [2.75, 3.05) is 17.2 Å². The lowest BCUT2D eigenvalue weighted by molar-refractivity contribution is -0.116. The van der Waals surface area contributed by atoms with Crippen LogP contribution in [0, 0.1) is 0 Å². The number of anilines is 2. The van der Waals surface area contributed by atoms with Gasteiger partial charge in [0.05, 0.1) is 12.3 Å². The van der Waals surface area contributed by atoms with Crippen LogP contribution in [-0.2, 0) is 4.79 Å². The maximum atomic E-state index is 12.2. The third-order valence-electron chi connectivity index (χ3n) is 2.99. The summed E-state index contributed by atoms with van der Waals surface area (Å²) in [4.78, 5) is 12.2. The normalized spacial score (nSPS) is 11.5. The molecule has 0 saturated heterocycles. The summed E-state index contributed by atoms with van der Waals surface area (Å²) in [5.74, 6) is 0.659. The summed E-state index contributed by atoms with van der Waals surface area (Å²) in [5.41, 5.74) is 1.60. The van der Waals surface area contributed by atoms with Crippen LogP contribution in [0.4, 0.5) is 11.4 Å². The molecule has 0 bridgehead atoms. The molecule has 0 saturated carbocycles. The highest BCUT2D eigenvalue weighted by molar-refractivity contribution is 5.96. The van der Waals surface area contributed by atoms with Gasteiger partial charge >= 0.3 is 0 Å². The summed E-state index contributed by atoms with van der Waals surface area (Å²) in [6.07, 6.45) is 0. The molecule has 0 heterocycles. The van der Waals surface area contributed by atoms with Crippen molar-refractivity contribution in [3.8, 4) is 5.75 Å². The van der Waals surface area contributed by atoms with E-state index in [0.29, 0.717) is 6.61 Å². The molecule has 0 aliphatic carbocycles. The van der Waals surface area contributed by atoms with Gasteiger partial charge in [-0.1, -0.05) is 30.3 Å². The van der Waals surface area contributed by atoms with Gasteiger partial charge in [0.15, 0.2) is 0 Å². The summed E-state index contributed by atoms with van der Waals surface area (Å²) in [7, 11) is 0. The molecule has 4 heteroatoms. The number of carbonyl (C=O) groups is 1. The molecule has 1 unspecified atom stereocenters. The fourth-order valence-electron chi connectivity index (χ4n) is 1.94. The van der Waals surface area contributed by atoms with E-state index >= 15 is 0 Å². The Morgan fingerprint density at radius 1 is 1.10 bits per heavy atom. The van der Waals surface area contributed by atoms with Gasteiger partial charge in [-0.2, -0.15) is 0 Å². The van der Waals surface area contributed by atoms with Gasteiger partial charge in [0.1, 0.15) is 11.8 Å². The molecule has 1 amide bonds. The van der Waals surface area contributed by atoms with Crippen LogP contribution in [0.1, 0.15) is 13.8 Å². The molecule has 0 aliphatic rings. The number of para-hydroxylation sites is 3. The maximum Gasteiger partial charge on any atom is 0.246 e. The van der Waals surface area contributed by atoms with Gasteiger partial charge < -0.3 is 15.4 Å². The SMILES string of the molecule is CCOc1ccccc1NC(C)C(=O)Nc1ccccc1. The molecule has 0 spiro atoms. The van der Waals surface area contributed by atoms with Crippen LogP contribution in [0.5, 0.6) is 5.75 Å². The van der Waals surface area contributed by atoms with E-state index in [1.54, 1.807) is 0 Å². The molecule has 0 aliphatic heterocycles. The van der Waals surface area contributed by atoms with Crippen molar-refractivity contribution in [3.63, 3.8) is 0 Å². The fraction of sp³-hybridized carbons (Fsp3) is 0.235. The first-order valence-electron chi connectivity index (χ1n) is 7.05. The Hall–Kier alpha value is -2.49. The van der Waals surface area contributed by atoms with Crippen LogP contribution in [0.25, 0.3) is 0 Å². The van der Waals surface area contributed by atoms with Crippen molar-refractivity contribution in [1.82, 2.24) is 0 Å². The molecule has 4 nitrogen and oxygen atoms in total. The highest BCUT2D eigenvalue weighted by atomic mass is 16.5. The Labute approximate surface area is 125 Å². The minimum atomic E-state index is -0.369. The molecule has 0 fully saturated rings. The average molecular weight is 284 g/mol. The lowest BCUT2D eigenvalue weighted by Gasteiger charge is -2.17. The second-order valence-electron chi connectivity index (χ2n) is 4.65. The zero-order valence-electron chi connectivity index (χ0n) is 12.3. The summed E-state index contributed by atoms with van der Waals surface area (Å²) in [5, 5.41) is 6.05. The van der Waals surface area contributed by atoms with Gasteiger partial charge in [-0.05, 0) is 38.1 Å². The first kappa shape index (κ1) is 14.9. The van der Waals surface area contributed by atoms with Crippen molar-refractivity contribution in [2.24, 2.45) is 0 Å². The number of nitrogens with one attached hydrogen (secondary N) is 2. The number of amides is 1. The quantitative estimate of drug-likeness (QED) is 0.853. The van der Waals surface area contributed by atoms with E-state index in [4.69, 9.17) is 4.74 Å². The fourth-order valence-corrected chi connectivity index (χ4v) is 1.94. The predicted octanol–water partition coefficient (Wildman–Crippen LogP) is 3.52. The van der Waals surface area contributed by atoms with Crippen molar-refractivity contribution in [3.05, 3.63) is 54.6 Å². The zero-order chi connectivity index (χ0) is 15.1. The van der Waals surface area contributed by atoms with Crippen molar-refractivity contribution >= 4 is 17.3 Å². The molecule has 21 heavy (non-hydrogen) atoms. The molecule has 0 aromatic heterocycles. The van der Waals surface area contributed by atoms with Gasteiger partial charge in [-0.25, -0.2) is 0 Å². The number of ether oxygens (including phenoxy) is 1. The second kappa shape index (κ2) is 7.33. The van der Waals surface area contributed by atoms with E-state index in [-0.39, 0.29) is 11.9 Å². The van der Waals surface area contributed by atoms with E-state index < -0.39 is 0 Å². The third kappa shape index (κ3) is 4.24. The summed E-state index contributed by atoms with van der Waals surface area (Å²) < 4.78 is 5.54. The van der Waals surface area contributed by atoms with Crippen LogP contribution in [0.3, 0.4) is 0 Å². The molecule has 2 rings (SSSR count). The minimum Gasteiger partial charge on any atom is -0.492 e. The second-order valence-corrected chi connectivity index (χ2v) is 4.65. The number of benzene rings is 2. The monoisotopic (exact) mass is 284 g/mol. The van der Waals surface area contributed by atoms with Gasteiger partial charge in [0, 0.05) is 5.69 Å². The van der Waals surface area contributed by atoms with Gasteiger partial charge in [0.2, 0.25) is 5.91 Å². The Morgan fingerprint density at radius 3 is 2.48 bits per heavy atom. The van der Waals surface area contributed by atoms with Crippen molar-refractivity contribution < 1.29 is 9.53 Å². The average Bonchev–Trinajstić information content (AvgIpc) is 2.50. The number of carbonyl (C=O) groups excluding carboxylic acids is 1. The maximum absolute atomic E-state index is 12.2. The first-order chi connectivity index (χ1) is 10.2. The van der Waals surface area contributed by atoms with E-state index in [2.05, 4.69) is 10.6 Å². The number of rotatable bonds is 6. The molecule has 1 atom stereocenters. The number of hydrogen-bond acceptors (Lipinski definition) is 3. The summed E-state index contributed by atoms with van der Waals surface area (Å²) in [6, 6.07) is 16.6. The lowest BCUT2D eigenvalue weighted by Crippen LogP contribution is -2.32. The Kier molecular flexibility index (Phi) is 5.21. The van der Waals surface area contributed by atoms with Gasteiger partial charge in [-0.15, -0.1) is 0 Å². The summed E-state index contributed by atoms with van der Waals surface area (Å²) in [6.45, 7) is 4.34. The molecule has 2 aromatic rings. The molecule has 0 radical (unpaired) electrons. The lowest BCUT2D eigenvalue weighted by atomic mass is 10.2. The molecule has 2 aromatic carbocycles. The Bertz CT molecular complexity index is 584. The minimum absolute atomic E-state index is 0.0903. The molecule has 110 valence electrons. The van der Waals surface area contributed by atoms with E-state index in [1.807, 2.05) is 68.4 Å². The first-order valence-corrected chi connectivity index (χ1v) is 7.05. The highest BCUT2D eigenvalue weighted by Crippen LogP contribution is 2.24. The predicted molar refractivity (Wildman–Crippen MR) is 85.8 cm³/mol. The Morgan fingerprint density at radius 2 is 1.76 bits per heavy atom. The van der Waals surface area contributed by atoms with Gasteiger partial charge in [0.25, 0.3) is 0 Å². The van der Waals surface area contributed by atoms with Crippen LogP contribution in [0.2, 0.25) is 0 Å². The van der Waals surface area contributed by atoms with Crippen molar-refractivity contribution in [1.29, 1.82) is 0 Å². The van der Waals surface area contributed by atoms with Crippen LogP contribution in [-0.4, -0.2) is 18.6 Å². The molecular weight excluding hydrogens is 264 g/mol. The third-order valence-corrected chi connectivity index (χ3v) is 2.99.